The molecule has 0 radical (unpaired) electrons. The molecule has 4 heteroatoms. The number of thiazole rings is 1. The van der Waals surface area contributed by atoms with Gasteiger partial charge in [0.05, 0.1) is 5.69 Å². The Hall–Kier alpha value is -1.68. The molecule has 0 aliphatic heterocycles. The van der Waals surface area contributed by atoms with Crippen LogP contribution in [-0.2, 0) is 4.79 Å². The molecule has 1 aromatic heterocycles. The second kappa shape index (κ2) is 5.60. The van der Waals surface area contributed by atoms with E-state index in [2.05, 4.69) is 43.2 Å². The lowest BCUT2D eigenvalue weighted by Gasteiger charge is -2.23. The summed E-state index contributed by atoms with van der Waals surface area (Å²) in [5.74, 6) is 0.319. The van der Waals surface area contributed by atoms with Gasteiger partial charge in [0.15, 0.2) is 5.13 Å². The molecule has 1 saturated carbocycles. The van der Waals surface area contributed by atoms with Crippen LogP contribution >= 0.6 is 11.3 Å². The van der Waals surface area contributed by atoms with Gasteiger partial charge in [-0.15, -0.1) is 11.3 Å². The highest BCUT2D eigenvalue weighted by atomic mass is 32.1. The fourth-order valence-electron chi connectivity index (χ4n) is 2.57. The first kappa shape index (κ1) is 14.3. The van der Waals surface area contributed by atoms with E-state index in [0.717, 1.165) is 24.1 Å². The summed E-state index contributed by atoms with van der Waals surface area (Å²) in [7, 11) is 0. The van der Waals surface area contributed by atoms with E-state index in [-0.39, 0.29) is 11.8 Å². The number of hydrogen-bond donors (Lipinski definition) is 1. The Kier molecular flexibility index (Phi) is 3.81. The molecule has 0 saturated heterocycles. The van der Waals surface area contributed by atoms with E-state index in [9.17, 15) is 4.79 Å². The van der Waals surface area contributed by atoms with Crippen molar-refractivity contribution in [2.75, 3.05) is 5.32 Å². The molecular weight excluding hydrogens is 280 g/mol. The molecule has 3 nitrogen and oxygen atoms in total. The lowest BCUT2D eigenvalue weighted by molar-refractivity contribution is -0.122. The van der Waals surface area contributed by atoms with E-state index in [1.54, 1.807) is 0 Å². The lowest BCUT2D eigenvalue weighted by Crippen LogP contribution is -2.27. The summed E-state index contributed by atoms with van der Waals surface area (Å²) in [5, 5.41) is 5.68. The van der Waals surface area contributed by atoms with Gasteiger partial charge >= 0.3 is 0 Å². The second-order valence-electron chi connectivity index (χ2n) is 5.91. The zero-order valence-corrected chi connectivity index (χ0v) is 13.5. The first-order valence-electron chi connectivity index (χ1n) is 7.39. The fraction of sp³-hybridized carbons (Fsp3) is 0.412. The predicted molar refractivity (Wildman–Crippen MR) is 87.7 cm³/mol. The van der Waals surface area contributed by atoms with Crippen molar-refractivity contribution in [1.82, 2.24) is 4.98 Å². The Balaban J connectivity index is 1.81. The molecule has 21 heavy (non-hydrogen) atoms. The van der Waals surface area contributed by atoms with E-state index in [1.807, 2.05) is 5.38 Å². The topological polar surface area (TPSA) is 42.0 Å². The highest BCUT2D eigenvalue weighted by molar-refractivity contribution is 7.14. The number of nitrogens with one attached hydrogen (secondary N) is 1. The summed E-state index contributed by atoms with van der Waals surface area (Å²) in [6, 6.07) is 4.37. The number of anilines is 1. The van der Waals surface area contributed by atoms with Gasteiger partial charge < -0.3 is 5.32 Å². The average Bonchev–Trinajstić information content (AvgIpc) is 2.79. The number of aromatic nitrogens is 1. The van der Waals surface area contributed by atoms with Gasteiger partial charge in [0.2, 0.25) is 5.91 Å². The molecule has 1 amide bonds. The van der Waals surface area contributed by atoms with E-state index in [0.29, 0.717) is 5.13 Å². The number of hydrogen-bond acceptors (Lipinski definition) is 3. The van der Waals surface area contributed by atoms with E-state index in [4.69, 9.17) is 0 Å². The third-order valence-electron chi connectivity index (χ3n) is 4.33. The highest BCUT2D eigenvalue weighted by Crippen LogP contribution is 2.31. The number of carbonyl (C=O) groups is 1. The maximum Gasteiger partial charge on any atom is 0.229 e. The van der Waals surface area contributed by atoms with Gasteiger partial charge in [0, 0.05) is 16.9 Å². The monoisotopic (exact) mass is 300 g/mol. The fourth-order valence-corrected chi connectivity index (χ4v) is 3.28. The van der Waals surface area contributed by atoms with E-state index in [1.165, 1.54) is 34.4 Å². The molecular formula is C17H20N2OS. The SMILES string of the molecule is Cc1cc(C)c(-c2csc(NC(=O)C3CCC3)n2)cc1C. The summed E-state index contributed by atoms with van der Waals surface area (Å²) in [4.78, 5) is 16.5. The normalized spacial score (nSPS) is 14.8. The highest BCUT2D eigenvalue weighted by Gasteiger charge is 2.25. The van der Waals surface area contributed by atoms with Crippen LogP contribution in [0.15, 0.2) is 17.5 Å². The Morgan fingerprint density at radius 1 is 1.19 bits per heavy atom. The smallest absolute Gasteiger partial charge is 0.229 e. The molecule has 110 valence electrons. The summed E-state index contributed by atoms with van der Waals surface area (Å²) in [6.07, 6.45) is 3.20. The maximum atomic E-state index is 12.0. The average molecular weight is 300 g/mol. The molecule has 1 heterocycles. The third kappa shape index (κ3) is 2.86. The van der Waals surface area contributed by atoms with Crippen LogP contribution in [0.2, 0.25) is 0 Å². The number of rotatable bonds is 3. The third-order valence-corrected chi connectivity index (χ3v) is 5.08. The minimum atomic E-state index is 0.124. The number of nitrogens with zero attached hydrogens (tertiary/aromatic N) is 1. The maximum absolute atomic E-state index is 12.0. The van der Waals surface area contributed by atoms with Gasteiger partial charge in [-0.1, -0.05) is 12.5 Å². The summed E-state index contributed by atoms with van der Waals surface area (Å²) >= 11 is 1.50. The predicted octanol–water partition coefficient (Wildman–Crippen LogP) is 4.47. The summed E-state index contributed by atoms with van der Waals surface area (Å²) in [6.45, 7) is 6.34. The number of carbonyl (C=O) groups excluding carboxylic acids is 1. The van der Waals surface area contributed by atoms with Crippen LogP contribution in [0, 0.1) is 26.7 Å². The molecule has 0 spiro atoms. The number of benzene rings is 1. The van der Waals surface area contributed by atoms with E-state index >= 15 is 0 Å². The van der Waals surface area contributed by atoms with Gasteiger partial charge in [-0.05, 0) is 56.4 Å². The van der Waals surface area contributed by atoms with Gasteiger partial charge in [0.1, 0.15) is 0 Å². The zero-order valence-electron chi connectivity index (χ0n) is 12.7. The first-order chi connectivity index (χ1) is 10.0. The molecule has 3 rings (SSSR count). The van der Waals surface area contributed by atoms with Crippen LogP contribution in [-0.4, -0.2) is 10.9 Å². The zero-order chi connectivity index (χ0) is 15.0. The van der Waals surface area contributed by atoms with Gasteiger partial charge in [-0.3, -0.25) is 4.79 Å². The van der Waals surface area contributed by atoms with Crippen molar-refractivity contribution in [1.29, 1.82) is 0 Å². The van der Waals surface area contributed by atoms with Crippen LogP contribution in [0.3, 0.4) is 0 Å². The first-order valence-corrected chi connectivity index (χ1v) is 8.27. The van der Waals surface area contributed by atoms with Crippen LogP contribution < -0.4 is 5.32 Å². The molecule has 1 aromatic carbocycles. The Bertz CT molecular complexity index is 686. The summed E-state index contributed by atoms with van der Waals surface area (Å²) < 4.78 is 0. The molecule has 1 fully saturated rings. The van der Waals surface area contributed by atoms with Crippen molar-refractivity contribution in [2.24, 2.45) is 5.92 Å². The molecule has 1 N–H and O–H groups in total. The Morgan fingerprint density at radius 3 is 2.57 bits per heavy atom. The van der Waals surface area contributed by atoms with Gasteiger partial charge in [-0.2, -0.15) is 0 Å². The largest absolute Gasteiger partial charge is 0.302 e. The van der Waals surface area contributed by atoms with Gasteiger partial charge in [-0.25, -0.2) is 4.98 Å². The standard InChI is InChI=1S/C17H20N2OS/c1-10-7-12(3)14(8-11(10)2)15-9-21-17(18-15)19-16(20)13-5-4-6-13/h7-9,13H,4-6H2,1-3H3,(H,18,19,20). The molecule has 1 aliphatic rings. The Labute approximate surface area is 129 Å². The van der Waals surface area contributed by atoms with Crippen LogP contribution in [0.5, 0.6) is 0 Å². The molecule has 2 aromatic rings. The van der Waals surface area contributed by atoms with Crippen LogP contribution in [0.4, 0.5) is 5.13 Å². The van der Waals surface area contributed by atoms with Crippen molar-refractivity contribution in [2.45, 2.75) is 40.0 Å². The van der Waals surface area contributed by atoms with Crippen molar-refractivity contribution in [3.8, 4) is 11.3 Å². The quantitative estimate of drug-likeness (QED) is 0.908. The molecule has 1 aliphatic carbocycles. The summed E-state index contributed by atoms with van der Waals surface area (Å²) in [5.41, 5.74) is 5.89. The van der Waals surface area contributed by atoms with E-state index < -0.39 is 0 Å². The second-order valence-corrected chi connectivity index (χ2v) is 6.76. The molecule has 0 bridgehead atoms. The minimum Gasteiger partial charge on any atom is -0.302 e. The van der Waals surface area contributed by atoms with Crippen LogP contribution in [0.1, 0.15) is 36.0 Å². The number of aryl methyl sites for hydroxylation is 3. The molecule has 0 atom stereocenters. The number of amides is 1. The molecule has 0 unspecified atom stereocenters. The minimum absolute atomic E-state index is 0.124. The Morgan fingerprint density at radius 2 is 1.90 bits per heavy atom. The van der Waals surface area contributed by atoms with Crippen molar-refractivity contribution in [3.63, 3.8) is 0 Å². The van der Waals surface area contributed by atoms with Crippen molar-refractivity contribution < 1.29 is 4.79 Å². The van der Waals surface area contributed by atoms with Crippen molar-refractivity contribution >= 4 is 22.4 Å². The van der Waals surface area contributed by atoms with Gasteiger partial charge in [0.25, 0.3) is 0 Å². The van der Waals surface area contributed by atoms with Crippen molar-refractivity contribution in [3.05, 3.63) is 34.2 Å². The lowest BCUT2D eigenvalue weighted by atomic mass is 9.85. The van der Waals surface area contributed by atoms with Crippen LogP contribution in [0.25, 0.3) is 11.3 Å².